The fourth-order valence-corrected chi connectivity index (χ4v) is 3.38. The van der Waals surface area contributed by atoms with Crippen molar-refractivity contribution < 1.29 is 13.6 Å². The Hall–Kier alpha value is -1.01. The lowest BCUT2D eigenvalue weighted by atomic mass is 9.76. The molecule has 3 nitrogen and oxygen atoms in total. The van der Waals surface area contributed by atoms with Gasteiger partial charge >= 0.3 is 0 Å². The SMILES string of the molecule is CCCC1(C(=O)Nc2c(F)cc(F)cc2Br)CCCNC1. The molecule has 1 unspecified atom stereocenters. The van der Waals surface area contributed by atoms with Gasteiger partial charge in [-0.2, -0.15) is 0 Å². The smallest absolute Gasteiger partial charge is 0.231 e. The molecule has 0 aromatic heterocycles. The van der Waals surface area contributed by atoms with Crippen molar-refractivity contribution in [3.05, 3.63) is 28.2 Å². The molecule has 1 saturated heterocycles. The zero-order valence-corrected chi connectivity index (χ0v) is 13.5. The fraction of sp³-hybridized carbons (Fsp3) is 0.533. The zero-order chi connectivity index (χ0) is 15.5. The van der Waals surface area contributed by atoms with Gasteiger partial charge in [-0.15, -0.1) is 0 Å². The number of amides is 1. The van der Waals surface area contributed by atoms with Crippen LogP contribution in [0.5, 0.6) is 0 Å². The summed E-state index contributed by atoms with van der Waals surface area (Å²) in [4.78, 5) is 12.6. The molecule has 21 heavy (non-hydrogen) atoms. The van der Waals surface area contributed by atoms with Crippen LogP contribution in [-0.4, -0.2) is 19.0 Å². The molecule has 1 aromatic rings. The van der Waals surface area contributed by atoms with Crippen LogP contribution in [-0.2, 0) is 4.79 Å². The first-order valence-electron chi connectivity index (χ1n) is 7.15. The van der Waals surface area contributed by atoms with Crippen LogP contribution in [0.2, 0.25) is 0 Å². The molecule has 1 aromatic carbocycles. The van der Waals surface area contributed by atoms with Crippen molar-refractivity contribution in [3.63, 3.8) is 0 Å². The van der Waals surface area contributed by atoms with Gasteiger partial charge in [0.2, 0.25) is 5.91 Å². The van der Waals surface area contributed by atoms with Crippen LogP contribution >= 0.6 is 15.9 Å². The summed E-state index contributed by atoms with van der Waals surface area (Å²) in [5, 5.41) is 5.87. The van der Waals surface area contributed by atoms with Gasteiger partial charge in [0, 0.05) is 17.1 Å². The molecule has 1 heterocycles. The van der Waals surface area contributed by atoms with Crippen molar-refractivity contribution >= 4 is 27.5 Å². The lowest BCUT2D eigenvalue weighted by Gasteiger charge is -2.36. The number of nitrogens with one attached hydrogen (secondary N) is 2. The lowest BCUT2D eigenvalue weighted by molar-refractivity contribution is -0.127. The minimum atomic E-state index is -0.773. The van der Waals surface area contributed by atoms with E-state index in [-0.39, 0.29) is 16.1 Å². The molecule has 1 atom stereocenters. The number of rotatable bonds is 4. The summed E-state index contributed by atoms with van der Waals surface area (Å²) < 4.78 is 27.2. The second-order valence-corrected chi connectivity index (χ2v) is 6.36. The van der Waals surface area contributed by atoms with E-state index in [0.29, 0.717) is 6.54 Å². The molecule has 0 bridgehead atoms. The molecule has 0 aliphatic carbocycles. The second-order valence-electron chi connectivity index (χ2n) is 5.51. The van der Waals surface area contributed by atoms with E-state index in [2.05, 4.69) is 26.6 Å². The van der Waals surface area contributed by atoms with Gasteiger partial charge in [0.1, 0.15) is 5.82 Å². The summed E-state index contributed by atoms with van der Waals surface area (Å²) in [5.41, 5.74) is -0.518. The Balaban J connectivity index is 2.23. The summed E-state index contributed by atoms with van der Waals surface area (Å²) in [5.74, 6) is -1.66. The molecular formula is C15H19BrF2N2O. The highest BCUT2D eigenvalue weighted by Crippen LogP contribution is 2.35. The van der Waals surface area contributed by atoms with E-state index in [1.807, 2.05) is 6.92 Å². The minimum absolute atomic E-state index is 0.00227. The largest absolute Gasteiger partial charge is 0.322 e. The van der Waals surface area contributed by atoms with Crippen LogP contribution in [0.15, 0.2) is 16.6 Å². The van der Waals surface area contributed by atoms with Crippen molar-refractivity contribution in [2.24, 2.45) is 5.41 Å². The Morgan fingerprint density at radius 1 is 1.48 bits per heavy atom. The normalized spacial score (nSPS) is 22.1. The van der Waals surface area contributed by atoms with Crippen LogP contribution in [0.25, 0.3) is 0 Å². The molecular weight excluding hydrogens is 342 g/mol. The summed E-state index contributed by atoms with van der Waals surface area (Å²) in [6.45, 7) is 3.51. The van der Waals surface area contributed by atoms with E-state index in [1.54, 1.807) is 0 Å². The average molecular weight is 361 g/mol. The number of piperidine rings is 1. The summed E-state index contributed by atoms with van der Waals surface area (Å²) in [7, 11) is 0. The van der Waals surface area contributed by atoms with Crippen LogP contribution < -0.4 is 10.6 Å². The number of hydrogen-bond donors (Lipinski definition) is 2. The van der Waals surface area contributed by atoms with Crippen LogP contribution in [0.4, 0.5) is 14.5 Å². The maximum atomic E-state index is 13.8. The predicted octanol–water partition coefficient (Wildman–Crippen LogP) is 3.84. The standard InChI is InChI=1S/C15H19BrF2N2O/c1-2-4-15(5-3-6-19-9-15)14(21)20-13-11(16)7-10(17)8-12(13)18/h7-8,19H,2-6,9H2,1H3,(H,20,21). The van der Waals surface area contributed by atoms with E-state index in [9.17, 15) is 13.6 Å². The summed E-state index contributed by atoms with van der Waals surface area (Å²) in [6, 6.07) is 1.91. The van der Waals surface area contributed by atoms with Crippen LogP contribution in [0.1, 0.15) is 32.6 Å². The highest BCUT2D eigenvalue weighted by atomic mass is 79.9. The highest BCUT2D eigenvalue weighted by molar-refractivity contribution is 9.10. The summed E-state index contributed by atoms with van der Waals surface area (Å²) in [6.07, 6.45) is 3.31. The molecule has 0 saturated carbocycles. The first kappa shape index (κ1) is 16.4. The fourth-order valence-electron chi connectivity index (χ4n) is 2.87. The first-order valence-corrected chi connectivity index (χ1v) is 7.94. The monoisotopic (exact) mass is 360 g/mol. The number of anilines is 1. The number of benzene rings is 1. The molecule has 116 valence electrons. The van der Waals surface area contributed by atoms with E-state index in [1.165, 1.54) is 0 Å². The minimum Gasteiger partial charge on any atom is -0.322 e. The van der Waals surface area contributed by atoms with Gasteiger partial charge in [0.05, 0.1) is 11.1 Å². The van der Waals surface area contributed by atoms with E-state index >= 15 is 0 Å². The maximum absolute atomic E-state index is 13.8. The van der Waals surface area contributed by atoms with Gasteiger partial charge in [-0.3, -0.25) is 4.79 Å². The van der Waals surface area contributed by atoms with Crippen LogP contribution in [0, 0.1) is 17.0 Å². The van der Waals surface area contributed by atoms with Crippen molar-refractivity contribution in [2.75, 3.05) is 18.4 Å². The Labute approximate surface area is 131 Å². The lowest BCUT2D eigenvalue weighted by Crippen LogP contribution is -2.48. The van der Waals surface area contributed by atoms with E-state index in [4.69, 9.17) is 0 Å². The highest BCUT2D eigenvalue weighted by Gasteiger charge is 2.39. The molecule has 6 heteroatoms. The Kier molecular flexibility index (Phi) is 5.32. The molecule has 1 fully saturated rings. The van der Waals surface area contributed by atoms with Gasteiger partial charge in [0.15, 0.2) is 5.82 Å². The second kappa shape index (κ2) is 6.83. The molecule has 2 N–H and O–H groups in total. The average Bonchev–Trinajstić information content (AvgIpc) is 2.44. The van der Waals surface area contributed by atoms with Gasteiger partial charge in [-0.05, 0) is 47.8 Å². The van der Waals surface area contributed by atoms with Gasteiger partial charge in [0.25, 0.3) is 0 Å². The van der Waals surface area contributed by atoms with Gasteiger partial charge in [-0.1, -0.05) is 13.3 Å². The third-order valence-corrected chi connectivity index (χ3v) is 4.55. The Morgan fingerprint density at radius 3 is 2.81 bits per heavy atom. The molecule has 1 amide bonds. The molecule has 1 aliphatic rings. The zero-order valence-electron chi connectivity index (χ0n) is 11.9. The Bertz CT molecular complexity index is 502. The van der Waals surface area contributed by atoms with E-state index < -0.39 is 17.0 Å². The topological polar surface area (TPSA) is 41.1 Å². The molecule has 1 aliphatic heterocycles. The number of carbonyl (C=O) groups is 1. The van der Waals surface area contributed by atoms with Crippen molar-refractivity contribution in [2.45, 2.75) is 32.6 Å². The van der Waals surface area contributed by atoms with Gasteiger partial charge in [-0.25, -0.2) is 8.78 Å². The number of hydrogen-bond acceptors (Lipinski definition) is 2. The van der Waals surface area contributed by atoms with Crippen molar-refractivity contribution in [3.8, 4) is 0 Å². The molecule has 2 rings (SSSR count). The summed E-state index contributed by atoms with van der Waals surface area (Å²) >= 11 is 3.10. The number of carbonyl (C=O) groups excluding carboxylic acids is 1. The quantitative estimate of drug-likeness (QED) is 0.856. The third kappa shape index (κ3) is 3.61. The van der Waals surface area contributed by atoms with Crippen molar-refractivity contribution in [1.82, 2.24) is 5.32 Å². The molecule has 0 spiro atoms. The van der Waals surface area contributed by atoms with Crippen molar-refractivity contribution in [1.29, 1.82) is 0 Å². The molecule has 0 radical (unpaired) electrons. The number of halogens is 3. The third-order valence-electron chi connectivity index (χ3n) is 3.93. The maximum Gasteiger partial charge on any atom is 0.231 e. The van der Waals surface area contributed by atoms with Gasteiger partial charge < -0.3 is 10.6 Å². The predicted molar refractivity (Wildman–Crippen MR) is 82.1 cm³/mol. The Morgan fingerprint density at radius 2 is 2.24 bits per heavy atom. The van der Waals surface area contributed by atoms with E-state index in [0.717, 1.165) is 44.4 Å². The van der Waals surface area contributed by atoms with Crippen LogP contribution in [0.3, 0.4) is 0 Å². The first-order chi connectivity index (χ1) is 9.98.